The van der Waals surface area contributed by atoms with Crippen LogP contribution in [0.2, 0.25) is 0 Å². The molecule has 1 fully saturated rings. The van der Waals surface area contributed by atoms with Crippen molar-refractivity contribution < 1.29 is 33.0 Å². The highest BCUT2D eigenvalue weighted by Crippen LogP contribution is 2.36. The minimum Gasteiger partial charge on any atom is -0.544 e. The summed E-state index contributed by atoms with van der Waals surface area (Å²) in [6.45, 7) is 2.47. The van der Waals surface area contributed by atoms with Crippen molar-refractivity contribution in [1.82, 2.24) is 0 Å². The Hall–Kier alpha value is -2.18. The van der Waals surface area contributed by atoms with Gasteiger partial charge in [-0.3, -0.25) is 0 Å². The zero-order valence-electron chi connectivity index (χ0n) is 14.2. The molecule has 0 bridgehead atoms. The van der Waals surface area contributed by atoms with Crippen molar-refractivity contribution in [3.05, 3.63) is 29.8 Å². The first-order chi connectivity index (χ1) is 11.6. The van der Waals surface area contributed by atoms with E-state index in [2.05, 4.69) is 4.74 Å². The number of alkyl halides is 2. The summed E-state index contributed by atoms with van der Waals surface area (Å²) >= 11 is 0. The maximum absolute atomic E-state index is 12.9. The molecule has 7 heteroatoms. The topological polar surface area (TPSA) is 75.7 Å². The molecule has 2 rings (SSSR count). The number of carbonyl (C=O) groups is 2. The number of rotatable bonds is 7. The Morgan fingerprint density at radius 1 is 1.16 bits per heavy atom. The summed E-state index contributed by atoms with van der Waals surface area (Å²) in [4.78, 5) is 21.9. The second kappa shape index (κ2) is 7.37. The van der Waals surface area contributed by atoms with Crippen LogP contribution in [-0.2, 0) is 9.53 Å². The van der Waals surface area contributed by atoms with Gasteiger partial charge in [-0.25, -0.2) is 4.79 Å². The fourth-order valence-corrected chi connectivity index (χ4v) is 2.97. The van der Waals surface area contributed by atoms with Gasteiger partial charge in [0.2, 0.25) is 0 Å². The summed E-state index contributed by atoms with van der Waals surface area (Å²) in [5.41, 5.74) is -0.310. The Morgan fingerprint density at radius 2 is 1.72 bits per heavy atom. The summed E-state index contributed by atoms with van der Waals surface area (Å²) in [5.74, 6) is -6.82. The molecule has 5 nitrogen and oxygen atoms in total. The van der Waals surface area contributed by atoms with Crippen LogP contribution in [0.15, 0.2) is 24.3 Å². The summed E-state index contributed by atoms with van der Waals surface area (Å²) in [6, 6.07) is 5.90. The fourth-order valence-electron chi connectivity index (χ4n) is 2.97. The Kier molecular flexibility index (Phi) is 5.65. The van der Waals surface area contributed by atoms with E-state index in [-0.39, 0.29) is 11.2 Å². The molecule has 1 aromatic rings. The predicted molar refractivity (Wildman–Crippen MR) is 83.3 cm³/mol. The summed E-state index contributed by atoms with van der Waals surface area (Å²) in [5, 5.41) is 10.2. The summed E-state index contributed by atoms with van der Waals surface area (Å²) < 4.78 is 36.1. The molecule has 0 saturated heterocycles. The first-order valence-corrected chi connectivity index (χ1v) is 8.17. The maximum atomic E-state index is 12.9. The standard InChI is InChI=1S/C18H22F2O5/c1-17(2,13-5-3-4-6-13)25-14-9-7-12(8-10-14)15(21)24-11-18(19,20)16(22)23/h7-10,13H,3-6,11H2,1-2H3,(H,22,23)/p-1. The smallest absolute Gasteiger partial charge is 0.338 e. The first kappa shape index (κ1) is 19.1. The van der Waals surface area contributed by atoms with Crippen LogP contribution in [0.5, 0.6) is 5.75 Å². The molecule has 0 heterocycles. The normalized spacial score (nSPS) is 15.8. The Bertz CT molecular complexity index is 619. The van der Waals surface area contributed by atoms with Crippen molar-refractivity contribution in [2.24, 2.45) is 5.92 Å². The lowest BCUT2D eigenvalue weighted by atomic mass is 9.89. The second-order valence-electron chi connectivity index (χ2n) is 6.78. The van der Waals surface area contributed by atoms with Gasteiger partial charge < -0.3 is 19.4 Å². The van der Waals surface area contributed by atoms with Crippen LogP contribution >= 0.6 is 0 Å². The van der Waals surface area contributed by atoms with E-state index in [1.807, 2.05) is 13.8 Å². The SMILES string of the molecule is CC(C)(Oc1ccc(C(=O)OCC(F)(F)C(=O)[O-])cc1)C1CCCC1. The molecule has 25 heavy (non-hydrogen) atoms. The van der Waals surface area contributed by atoms with E-state index in [0.717, 1.165) is 12.8 Å². The molecule has 0 atom stereocenters. The number of carboxylic acid groups (broad SMARTS) is 1. The number of hydrogen-bond acceptors (Lipinski definition) is 5. The first-order valence-electron chi connectivity index (χ1n) is 8.17. The summed E-state index contributed by atoms with van der Waals surface area (Å²) in [6.07, 6.45) is 4.62. The van der Waals surface area contributed by atoms with Gasteiger partial charge in [0.15, 0.2) is 6.61 Å². The molecule has 0 spiro atoms. The number of carbonyl (C=O) groups excluding carboxylic acids is 2. The molecule has 0 aliphatic heterocycles. The van der Waals surface area contributed by atoms with Gasteiger partial charge in [0.25, 0.3) is 0 Å². The number of carboxylic acids is 1. The van der Waals surface area contributed by atoms with E-state index in [1.54, 1.807) is 12.1 Å². The highest BCUT2D eigenvalue weighted by atomic mass is 19.3. The molecule has 138 valence electrons. The van der Waals surface area contributed by atoms with Gasteiger partial charge in [-0.1, -0.05) is 12.8 Å². The van der Waals surface area contributed by atoms with Gasteiger partial charge in [0.05, 0.1) is 5.56 Å². The molecule has 0 unspecified atom stereocenters. The van der Waals surface area contributed by atoms with Crippen LogP contribution in [0, 0.1) is 5.92 Å². The number of halogens is 2. The lowest BCUT2D eigenvalue weighted by Gasteiger charge is -2.32. The number of benzene rings is 1. The molecular weight excluding hydrogens is 334 g/mol. The van der Waals surface area contributed by atoms with Gasteiger partial charge >= 0.3 is 11.9 Å². The van der Waals surface area contributed by atoms with Crippen LogP contribution < -0.4 is 9.84 Å². The Labute approximate surface area is 144 Å². The number of aliphatic carboxylic acids is 1. The van der Waals surface area contributed by atoms with E-state index < -0.39 is 24.5 Å². The third-order valence-electron chi connectivity index (χ3n) is 4.49. The second-order valence-corrected chi connectivity index (χ2v) is 6.78. The van der Waals surface area contributed by atoms with Crippen LogP contribution in [0.4, 0.5) is 8.78 Å². The number of ether oxygens (including phenoxy) is 2. The average molecular weight is 355 g/mol. The molecule has 0 amide bonds. The lowest BCUT2D eigenvalue weighted by Crippen LogP contribution is -2.45. The molecule has 1 aromatic carbocycles. The predicted octanol–water partition coefficient (Wildman–Crippen LogP) is 2.58. The Morgan fingerprint density at radius 3 is 2.24 bits per heavy atom. The molecule has 1 saturated carbocycles. The van der Waals surface area contributed by atoms with Crippen molar-refractivity contribution in [3.8, 4) is 5.75 Å². The van der Waals surface area contributed by atoms with Crippen molar-refractivity contribution in [3.63, 3.8) is 0 Å². The molecular formula is C18H21F2O5-. The zero-order valence-corrected chi connectivity index (χ0v) is 14.2. The van der Waals surface area contributed by atoms with Crippen LogP contribution in [0.1, 0.15) is 49.9 Å². The molecule has 0 aromatic heterocycles. The fraction of sp³-hybridized carbons (Fsp3) is 0.556. The minimum atomic E-state index is -4.22. The van der Waals surface area contributed by atoms with Gasteiger partial charge in [-0.05, 0) is 56.9 Å². The van der Waals surface area contributed by atoms with E-state index in [4.69, 9.17) is 4.74 Å². The number of hydrogen-bond donors (Lipinski definition) is 0. The van der Waals surface area contributed by atoms with Crippen LogP contribution in [0.25, 0.3) is 0 Å². The zero-order chi connectivity index (χ0) is 18.7. The lowest BCUT2D eigenvalue weighted by molar-refractivity contribution is -0.331. The van der Waals surface area contributed by atoms with Crippen molar-refractivity contribution in [2.45, 2.75) is 51.1 Å². The summed E-state index contributed by atoms with van der Waals surface area (Å²) in [7, 11) is 0. The van der Waals surface area contributed by atoms with Crippen molar-refractivity contribution in [1.29, 1.82) is 0 Å². The quantitative estimate of drug-likeness (QED) is 0.703. The molecule has 1 aliphatic carbocycles. The van der Waals surface area contributed by atoms with E-state index in [9.17, 15) is 23.5 Å². The highest BCUT2D eigenvalue weighted by molar-refractivity contribution is 5.89. The molecule has 0 N–H and O–H groups in total. The monoisotopic (exact) mass is 355 g/mol. The maximum Gasteiger partial charge on any atom is 0.338 e. The third-order valence-corrected chi connectivity index (χ3v) is 4.49. The van der Waals surface area contributed by atoms with Gasteiger partial charge in [0.1, 0.15) is 17.3 Å². The number of esters is 1. The van der Waals surface area contributed by atoms with Crippen molar-refractivity contribution in [2.75, 3.05) is 6.61 Å². The average Bonchev–Trinajstić information content (AvgIpc) is 3.08. The molecule has 1 aliphatic rings. The van der Waals surface area contributed by atoms with E-state index in [0.29, 0.717) is 11.7 Å². The van der Waals surface area contributed by atoms with Crippen LogP contribution in [-0.4, -0.2) is 30.1 Å². The van der Waals surface area contributed by atoms with Crippen molar-refractivity contribution >= 4 is 11.9 Å². The van der Waals surface area contributed by atoms with Crippen LogP contribution in [0.3, 0.4) is 0 Å². The van der Waals surface area contributed by atoms with Gasteiger partial charge in [-0.15, -0.1) is 0 Å². The Balaban J connectivity index is 1.95. The third kappa shape index (κ3) is 4.90. The van der Waals surface area contributed by atoms with E-state index in [1.165, 1.54) is 25.0 Å². The minimum absolute atomic E-state index is 0.0279. The van der Waals surface area contributed by atoms with Gasteiger partial charge in [-0.2, -0.15) is 8.78 Å². The molecule has 0 radical (unpaired) electrons. The van der Waals surface area contributed by atoms with E-state index >= 15 is 0 Å². The van der Waals surface area contributed by atoms with Gasteiger partial charge in [0, 0.05) is 0 Å². The largest absolute Gasteiger partial charge is 0.544 e. The highest BCUT2D eigenvalue weighted by Gasteiger charge is 2.34.